The highest BCUT2D eigenvalue weighted by atomic mass is 32.2. The van der Waals surface area contributed by atoms with Gasteiger partial charge in [-0.1, -0.05) is 67.2 Å². The number of aryl methyl sites for hydroxylation is 1. The first-order valence-electron chi connectivity index (χ1n) is 11.2. The highest BCUT2D eigenvalue weighted by molar-refractivity contribution is 8.00. The van der Waals surface area contributed by atoms with Crippen LogP contribution in [-0.2, 0) is 11.3 Å². The first kappa shape index (κ1) is 24.2. The zero-order chi connectivity index (χ0) is 24.9. The van der Waals surface area contributed by atoms with Gasteiger partial charge in [-0.15, -0.1) is 0 Å². The number of carbonyl (C=O) groups excluding carboxylic acids is 1. The summed E-state index contributed by atoms with van der Waals surface area (Å²) < 4.78 is 1.59. The monoisotopic (exact) mass is 488 g/mol. The first-order chi connectivity index (χ1) is 16.9. The van der Waals surface area contributed by atoms with Crippen LogP contribution in [-0.4, -0.2) is 20.4 Å². The second-order valence-corrected chi connectivity index (χ2v) is 9.12. The van der Waals surface area contributed by atoms with Gasteiger partial charge in [0.15, 0.2) is 5.16 Å². The maximum Gasteiger partial charge on any atom is 0.293 e. The summed E-state index contributed by atoms with van der Waals surface area (Å²) in [5.41, 5.74) is 1.73. The van der Waals surface area contributed by atoms with Gasteiger partial charge in [-0.2, -0.15) is 0 Å². The van der Waals surface area contributed by atoms with Crippen LogP contribution < -0.4 is 10.9 Å². The number of nitro benzene ring substituents is 1. The molecular weight excluding hydrogens is 464 g/mol. The molecule has 0 bridgehead atoms. The Labute approximate surface area is 206 Å². The van der Waals surface area contributed by atoms with Gasteiger partial charge in [0.1, 0.15) is 10.9 Å². The van der Waals surface area contributed by atoms with Gasteiger partial charge >= 0.3 is 0 Å². The van der Waals surface area contributed by atoms with Crippen LogP contribution in [0.15, 0.2) is 82.7 Å². The Balaban J connectivity index is 1.78. The zero-order valence-corrected chi connectivity index (χ0v) is 20.1. The zero-order valence-electron chi connectivity index (χ0n) is 19.3. The van der Waals surface area contributed by atoms with E-state index in [1.54, 1.807) is 35.8 Å². The maximum atomic E-state index is 13.5. The SMILES string of the molecule is CCCn1c(S[C@H](C(=O)Nc2ccc(C)cc2[N+](=O)[O-])c2ccccc2)nc2ccccc2c1=O. The van der Waals surface area contributed by atoms with Gasteiger partial charge in [0.05, 0.1) is 15.8 Å². The smallest absolute Gasteiger partial charge is 0.293 e. The second kappa shape index (κ2) is 10.5. The van der Waals surface area contributed by atoms with Crippen molar-refractivity contribution in [3.63, 3.8) is 0 Å². The molecule has 1 aromatic heterocycles. The van der Waals surface area contributed by atoms with E-state index in [0.29, 0.717) is 40.2 Å². The average molecular weight is 489 g/mol. The summed E-state index contributed by atoms with van der Waals surface area (Å²) in [6.07, 6.45) is 0.714. The number of amides is 1. The highest BCUT2D eigenvalue weighted by Gasteiger charge is 2.27. The molecule has 0 spiro atoms. The van der Waals surface area contributed by atoms with Crippen molar-refractivity contribution in [3.05, 3.63) is 104 Å². The minimum absolute atomic E-state index is 0.115. The molecule has 35 heavy (non-hydrogen) atoms. The largest absolute Gasteiger partial charge is 0.319 e. The number of anilines is 1. The lowest BCUT2D eigenvalue weighted by molar-refractivity contribution is -0.384. The molecule has 1 amide bonds. The third-order valence-corrected chi connectivity index (χ3v) is 6.69. The van der Waals surface area contributed by atoms with E-state index in [-0.39, 0.29) is 16.9 Å². The lowest BCUT2D eigenvalue weighted by atomic mass is 10.1. The van der Waals surface area contributed by atoms with Crippen LogP contribution in [0.5, 0.6) is 0 Å². The number of nitrogens with one attached hydrogen (secondary N) is 1. The minimum atomic E-state index is -0.798. The Bertz CT molecular complexity index is 1450. The van der Waals surface area contributed by atoms with Crippen LogP contribution in [0.25, 0.3) is 10.9 Å². The summed E-state index contributed by atoms with van der Waals surface area (Å²) in [7, 11) is 0. The standard InChI is InChI=1S/C26H24N4O4S/c1-3-15-29-25(32)19-11-7-8-12-20(19)28-26(29)35-23(18-9-5-4-6-10-18)24(31)27-21-14-13-17(2)16-22(21)30(33)34/h4-14,16,23H,3,15H2,1-2H3,(H,27,31)/t23-/m0/s1. The van der Waals surface area contributed by atoms with Crippen LogP contribution in [0.4, 0.5) is 11.4 Å². The van der Waals surface area contributed by atoms with Gasteiger partial charge in [-0.3, -0.25) is 24.3 Å². The molecule has 0 radical (unpaired) electrons. The number of aromatic nitrogens is 2. The van der Waals surface area contributed by atoms with Crippen molar-refractivity contribution in [2.75, 3.05) is 5.32 Å². The van der Waals surface area contributed by atoms with E-state index in [1.165, 1.54) is 12.1 Å². The minimum Gasteiger partial charge on any atom is -0.319 e. The van der Waals surface area contributed by atoms with E-state index in [1.807, 2.05) is 43.3 Å². The lowest BCUT2D eigenvalue weighted by Gasteiger charge is -2.19. The van der Waals surface area contributed by atoms with Crippen molar-refractivity contribution < 1.29 is 9.72 Å². The molecule has 0 aliphatic heterocycles. The van der Waals surface area contributed by atoms with E-state index < -0.39 is 16.1 Å². The topological polar surface area (TPSA) is 107 Å². The van der Waals surface area contributed by atoms with Crippen LogP contribution in [0.2, 0.25) is 0 Å². The molecule has 0 fully saturated rings. The van der Waals surface area contributed by atoms with Crippen molar-refractivity contribution >= 4 is 39.9 Å². The molecule has 0 saturated heterocycles. The van der Waals surface area contributed by atoms with E-state index in [0.717, 1.165) is 11.8 Å². The molecule has 0 aliphatic rings. The van der Waals surface area contributed by atoms with Gasteiger partial charge < -0.3 is 5.32 Å². The molecule has 8 nitrogen and oxygen atoms in total. The van der Waals surface area contributed by atoms with Crippen LogP contribution in [0.1, 0.15) is 29.7 Å². The van der Waals surface area contributed by atoms with E-state index in [4.69, 9.17) is 4.98 Å². The Hall–Kier alpha value is -3.98. The molecule has 9 heteroatoms. The average Bonchev–Trinajstić information content (AvgIpc) is 2.86. The van der Waals surface area contributed by atoms with Gasteiger partial charge in [0, 0.05) is 12.6 Å². The van der Waals surface area contributed by atoms with Crippen molar-refractivity contribution in [2.45, 2.75) is 37.2 Å². The number of benzene rings is 3. The van der Waals surface area contributed by atoms with Crippen molar-refractivity contribution in [3.8, 4) is 0 Å². The van der Waals surface area contributed by atoms with Gasteiger partial charge in [-0.05, 0) is 42.7 Å². The maximum absolute atomic E-state index is 13.5. The number of hydrogen-bond acceptors (Lipinski definition) is 6. The molecule has 0 saturated carbocycles. The van der Waals surface area contributed by atoms with Gasteiger partial charge in [0.25, 0.3) is 11.2 Å². The molecule has 1 heterocycles. The quantitative estimate of drug-likeness (QED) is 0.152. The Morgan fingerprint density at radius 1 is 1.11 bits per heavy atom. The van der Waals surface area contributed by atoms with Crippen molar-refractivity contribution in [1.29, 1.82) is 0 Å². The van der Waals surface area contributed by atoms with Gasteiger partial charge in [0.2, 0.25) is 5.91 Å². The fraction of sp³-hybridized carbons (Fsp3) is 0.192. The lowest BCUT2D eigenvalue weighted by Crippen LogP contribution is -2.25. The summed E-state index contributed by atoms with van der Waals surface area (Å²) in [6.45, 7) is 4.17. The van der Waals surface area contributed by atoms with Crippen LogP contribution in [0, 0.1) is 17.0 Å². The molecule has 1 atom stereocenters. The van der Waals surface area contributed by atoms with Crippen molar-refractivity contribution in [2.24, 2.45) is 0 Å². The van der Waals surface area contributed by atoms with E-state index in [9.17, 15) is 19.7 Å². The fourth-order valence-corrected chi connectivity index (χ4v) is 4.88. The summed E-state index contributed by atoms with van der Waals surface area (Å²) in [4.78, 5) is 42.5. The van der Waals surface area contributed by atoms with Crippen molar-refractivity contribution in [1.82, 2.24) is 9.55 Å². The Morgan fingerprint density at radius 2 is 1.83 bits per heavy atom. The molecule has 3 aromatic carbocycles. The third kappa shape index (κ3) is 5.25. The number of rotatable bonds is 8. The Morgan fingerprint density at radius 3 is 2.54 bits per heavy atom. The summed E-state index contributed by atoms with van der Waals surface area (Å²) in [5.74, 6) is -0.446. The number of carbonyl (C=O) groups is 1. The molecule has 4 aromatic rings. The Kier molecular flexibility index (Phi) is 7.26. The number of thioether (sulfide) groups is 1. The number of nitro groups is 1. The normalized spacial score (nSPS) is 11.8. The number of para-hydroxylation sites is 1. The predicted molar refractivity (Wildman–Crippen MR) is 138 cm³/mol. The van der Waals surface area contributed by atoms with E-state index in [2.05, 4.69) is 5.32 Å². The fourth-order valence-electron chi connectivity index (χ4n) is 3.76. The van der Waals surface area contributed by atoms with Gasteiger partial charge in [-0.25, -0.2) is 4.98 Å². The number of hydrogen-bond donors (Lipinski definition) is 1. The molecule has 1 N–H and O–H groups in total. The predicted octanol–water partition coefficient (Wildman–Crippen LogP) is 5.50. The highest BCUT2D eigenvalue weighted by Crippen LogP contribution is 2.36. The number of nitrogens with zero attached hydrogens (tertiary/aromatic N) is 3. The molecule has 4 rings (SSSR count). The molecule has 0 aliphatic carbocycles. The number of fused-ring (bicyclic) bond motifs is 1. The first-order valence-corrected chi connectivity index (χ1v) is 12.0. The summed E-state index contributed by atoms with van der Waals surface area (Å²) >= 11 is 1.15. The second-order valence-electron chi connectivity index (χ2n) is 8.04. The van der Waals surface area contributed by atoms with E-state index >= 15 is 0 Å². The van der Waals surface area contributed by atoms with Crippen LogP contribution >= 0.6 is 11.8 Å². The molecule has 0 unspecified atom stereocenters. The third-order valence-electron chi connectivity index (χ3n) is 5.45. The molecular formula is C26H24N4O4S. The molecule has 178 valence electrons. The summed E-state index contributed by atoms with van der Waals surface area (Å²) in [5, 5.41) is 14.4. The summed E-state index contributed by atoms with van der Waals surface area (Å²) in [6, 6.07) is 20.9. The van der Waals surface area contributed by atoms with Crippen LogP contribution in [0.3, 0.4) is 0 Å².